The van der Waals surface area contributed by atoms with Gasteiger partial charge in [0.15, 0.2) is 0 Å². The van der Waals surface area contributed by atoms with Gasteiger partial charge in [-0.05, 0) is 37.8 Å². The van der Waals surface area contributed by atoms with Crippen LogP contribution in [0.5, 0.6) is 5.75 Å². The van der Waals surface area contributed by atoms with Crippen LogP contribution in [0.25, 0.3) is 11.4 Å². The van der Waals surface area contributed by atoms with E-state index in [2.05, 4.69) is 17.1 Å². The molecule has 2 heterocycles. The van der Waals surface area contributed by atoms with E-state index in [0.717, 1.165) is 50.0 Å². The minimum atomic E-state index is -0.107. The van der Waals surface area contributed by atoms with Crippen LogP contribution >= 0.6 is 0 Å². The van der Waals surface area contributed by atoms with Crippen molar-refractivity contribution in [1.82, 2.24) is 15.0 Å². The van der Waals surface area contributed by atoms with E-state index in [4.69, 9.17) is 9.26 Å². The Morgan fingerprint density at radius 3 is 3.00 bits per heavy atom. The molecule has 1 aliphatic heterocycles. The Kier molecular flexibility index (Phi) is 6.85. The Bertz CT molecular complexity index is 744. The number of carbonyl (C=O) groups is 1. The van der Waals surface area contributed by atoms with Gasteiger partial charge in [0.05, 0.1) is 7.11 Å². The Morgan fingerprint density at radius 2 is 2.19 bits per heavy atom. The number of hydrogen-bond donors (Lipinski definition) is 0. The number of amides is 1. The van der Waals surface area contributed by atoms with Crippen LogP contribution in [-0.4, -0.2) is 34.6 Å². The maximum Gasteiger partial charge on any atom is 0.249 e. The fourth-order valence-corrected chi connectivity index (χ4v) is 3.58. The molecule has 1 saturated heterocycles. The maximum absolute atomic E-state index is 12.7. The van der Waals surface area contributed by atoms with Crippen molar-refractivity contribution in [2.75, 3.05) is 13.7 Å². The van der Waals surface area contributed by atoms with E-state index in [1.165, 1.54) is 12.8 Å². The second kappa shape index (κ2) is 9.53. The highest BCUT2D eigenvalue weighted by Gasteiger charge is 2.31. The number of aromatic nitrogens is 2. The number of rotatable bonds is 8. The van der Waals surface area contributed by atoms with Crippen molar-refractivity contribution >= 4 is 5.91 Å². The van der Waals surface area contributed by atoms with E-state index in [-0.39, 0.29) is 11.9 Å². The first-order valence-electron chi connectivity index (χ1n) is 10.0. The first-order valence-corrected chi connectivity index (χ1v) is 10.0. The van der Waals surface area contributed by atoms with Crippen molar-refractivity contribution < 1.29 is 14.1 Å². The van der Waals surface area contributed by atoms with Gasteiger partial charge in [0, 0.05) is 18.5 Å². The average Bonchev–Trinajstić information content (AvgIpc) is 3.21. The monoisotopic (exact) mass is 371 g/mol. The summed E-state index contributed by atoms with van der Waals surface area (Å²) in [4.78, 5) is 19.3. The van der Waals surface area contributed by atoms with Crippen LogP contribution in [0.3, 0.4) is 0 Å². The normalized spacial score (nSPS) is 17.1. The Balaban J connectivity index is 1.71. The summed E-state index contributed by atoms with van der Waals surface area (Å²) in [5, 5.41) is 4.14. The summed E-state index contributed by atoms with van der Waals surface area (Å²) >= 11 is 0. The third-order valence-corrected chi connectivity index (χ3v) is 5.12. The van der Waals surface area contributed by atoms with Crippen molar-refractivity contribution in [3.05, 3.63) is 30.2 Å². The van der Waals surface area contributed by atoms with Crippen LogP contribution in [0, 0.1) is 0 Å². The molecule has 0 bridgehead atoms. The lowest BCUT2D eigenvalue weighted by atomic mass is 10.0. The molecular weight excluding hydrogens is 342 g/mol. The zero-order chi connectivity index (χ0) is 19.1. The smallest absolute Gasteiger partial charge is 0.249 e. The van der Waals surface area contributed by atoms with Gasteiger partial charge in [0.1, 0.15) is 11.8 Å². The quantitative estimate of drug-likeness (QED) is 0.625. The van der Waals surface area contributed by atoms with Crippen LogP contribution in [-0.2, 0) is 4.79 Å². The van der Waals surface area contributed by atoms with Gasteiger partial charge in [0.2, 0.25) is 17.6 Å². The van der Waals surface area contributed by atoms with Gasteiger partial charge in [-0.2, -0.15) is 4.98 Å². The fourth-order valence-electron chi connectivity index (χ4n) is 3.58. The maximum atomic E-state index is 12.7. The summed E-state index contributed by atoms with van der Waals surface area (Å²) < 4.78 is 10.8. The SMILES string of the molecule is CCCCCCC(=O)N1CCCC[C@H]1c1nc(-c2cccc(OC)c2)no1. The number of ether oxygens (including phenoxy) is 1. The minimum Gasteiger partial charge on any atom is -0.497 e. The van der Waals surface area contributed by atoms with Crippen molar-refractivity contribution in [2.24, 2.45) is 0 Å². The summed E-state index contributed by atoms with van der Waals surface area (Å²) in [6, 6.07) is 7.48. The lowest BCUT2D eigenvalue weighted by molar-refractivity contribution is -0.135. The topological polar surface area (TPSA) is 68.5 Å². The summed E-state index contributed by atoms with van der Waals surface area (Å²) in [5.41, 5.74) is 0.845. The first-order chi connectivity index (χ1) is 13.2. The van der Waals surface area contributed by atoms with E-state index < -0.39 is 0 Å². The molecular formula is C21H29N3O3. The molecule has 1 atom stereocenters. The minimum absolute atomic E-state index is 0.107. The van der Waals surface area contributed by atoms with E-state index >= 15 is 0 Å². The molecule has 27 heavy (non-hydrogen) atoms. The molecule has 2 aromatic rings. The molecule has 1 aromatic carbocycles. The van der Waals surface area contributed by atoms with Crippen molar-refractivity contribution in [2.45, 2.75) is 64.3 Å². The second-order valence-electron chi connectivity index (χ2n) is 7.10. The molecule has 0 unspecified atom stereocenters. The highest BCUT2D eigenvalue weighted by atomic mass is 16.5. The Hall–Kier alpha value is -2.37. The Labute approximate surface area is 160 Å². The molecule has 0 radical (unpaired) electrons. The molecule has 0 saturated carbocycles. The van der Waals surface area contributed by atoms with E-state index in [1.54, 1.807) is 7.11 Å². The molecule has 1 aromatic heterocycles. The van der Waals surface area contributed by atoms with Crippen LogP contribution in [0.2, 0.25) is 0 Å². The molecule has 146 valence electrons. The zero-order valence-corrected chi connectivity index (χ0v) is 16.3. The number of likely N-dealkylation sites (tertiary alicyclic amines) is 1. The van der Waals surface area contributed by atoms with E-state index in [9.17, 15) is 4.79 Å². The first kappa shape index (κ1) is 19.4. The highest BCUT2D eigenvalue weighted by Crippen LogP contribution is 2.32. The number of benzene rings is 1. The molecule has 0 spiro atoms. The van der Waals surface area contributed by atoms with E-state index in [0.29, 0.717) is 18.1 Å². The number of methoxy groups -OCH3 is 1. The molecule has 1 fully saturated rings. The summed E-state index contributed by atoms with van der Waals surface area (Å²) in [5.74, 6) is 2.02. The van der Waals surface area contributed by atoms with Gasteiger partial charge in [-0.3, -0.25) is 4.79 Å². The Morgan fingerprint density at radius 1 is 1.30 bits per heavy atom. The summed E-state index contributed by atoms with van der Waals surface area (Å²) in [6.45, 7) is 2.95. The van der Waals surface area contributed by atoms with Gasteiger partial charge < -0.3 is 14.2 Å². The lowest BCUT2D eigenvalue weighted by Crippen LogP contribution is -2.38. The molecule has 1 aliphatic rings. The van der Waals surface area contributed by atoms with Crippen LogP contribution in [0.4, 0.5) is 0 Å². The molecule has 0 N–H and O–H groups in total. The standard InChI is InChI=1S/C21H29N3O3/c1-3-4-5-6-13-19(25)24-14-8-7-12-18(24)21-22-20(23-27-21)16-10-9-11-17(15-16)26-2/h9-11,15,18H,3-8,12-14H2,1-2H3/t18-/m0/s1. The third-order valence-electron chi connectivity index (χ3n) is 5.12. The molecule has 6 heteroatoms. The predicted octanol–water partition coefficient (Wildman–Crippen LogP) is 4.77. The van der Waals surface area contributed by atoms with Crippen LogP contribution < -0.4 is 4.74 Å². The van der Waals surface area contributed by atoms with Gasteiger partial charge in [-0.15, -0.1) is 0 Å². The van der Waals surface area contributed by atoms with Gasteiger partial charge in [-0.25, -0.2) is 0 Å². The summed E-state index contributed by atoms with van der Waals surface area (Å²) in [7, 11) is 1.63. The zero-order valence-electron chi connectivity index (χ0n) is 16.3. The van der Waals surface area contributed by atoms with Crippen molar-refractivity contribution in [3.63, 3.8) is 0 Å². The molecule has 6 nitrogen and oxygen atoms in total. The second-order valence-corrected chi connectivity index (χ2v) is 7.10. The highest BCUT2D eigenvalue weighted by molar-refractivity contribution is 5.76. The van der Waals surface area contributed by atoms with Crippen LogP contribution in [0.15, 0.2) is 28.8 Å². The number of unbranched alkanes of at least 4 members (excludes halogenated alkanes) is 3. The predicted molar refractivity (Wildman–Crippen MR) is 103 cm³/mol. The fraction of sp³-hybridized carbons (Fsp3) is 0.571. The number of piperidine rings is 1. The van der Waals surface area contributed by atoms with Gasteiger partial charge >= 0.3 is 0 Å². The van der Waals surface area contributed by atoms with E-state index in [1.807, 2.05) is 29.2 Å². The van der Waals surface area contributed by atoms with Crippen LogP contribution in [0.1, 0.15) is 70.2 Å². The van der Waals surface area contributed by atoms with Gasteiger partial charge in [0.25, 0.3) is 0 Å². The molecule has 0 aliphatic carbocycles. The third kappa shape index (κ3) is 4.87. The number of carbonyl (C=O) groups excluding carboxylic acids is 1. The molecule has 3 rings (SSSR count). The number of nitrogens with zero attached hydrogens (tertiary/aromatic N) is 3. The van der Waals surface area contributed by atoms with Gasteiger partial charge in [-0.1, -0.05) is 43.5 Å². The lowest BCUT2D eigenvalue weighted by Gasteiger charge is -2.33. The van der Waals surface area contributed by atoms with Crippen molar-refractivity contribution in [3.8, 4) is 17.1 Å². The average molecular weight is 371 g/mol. The summed E-state index contributed by atoms with van der Waals surface area (Å²) in [6.07, 6.45) is 8.01. The van der Waals surface area contributed by atoms with Crippen molar-refractivity contribution in [1.29, 1.82) is 0 Å². The number of hydrogen-bond acceptors (Lipinski definition) is 5. The largest absolute Gasteiger partial charge is 0.497 e. The molecule has 1 amide bonds.